The maximum absolute atomic E-state index is 12.5. The van der Waals surface area contributed by atoms with Gasteiger partial charge in [-0.25, -0.2) is 4.79 Å². The van der Waals surface area contributed by atoms with E-state index in [1.54, 1.807) is 0 Å². The van der Waals surface area contributed by atoms with Gasteiger partial charge in [0.25, 0.3) is 0 Å². The van der Waals surface area contributed by atoms with Gasteiger partial charge in [-0.3, -0.25) is 4.79 Å². The monoisotopic (exact) mass is 317 g/mol. The highest BCUT2D eigenvalue weighted by molar-refractivity contribution is 6.24. The zero-order valence-electron chi connectivity index (χ0n) is 15.4. The smallest absolute Gasteiger partial charge is 0.355 e. The number of carbonyl (C=O) groups is 2. The molecule has 4 nitrogen and oxygen atoms in total. The van der Waals surface area contributed by atoms with E-state index in [1.807, 2.05) is 41.5 Å². The number of nitrogens with one attached hydrogen (secondary N) is 1. The summed E-state index contributed by atoms with van der Waals surface area (Å²) < 4.78 is 5.46. The Bertz CT molecular complexity index is 712. The van der Waals surface area contributed by atoms with Crippen LogP contribution in [-0.2, 0) is 9.53 Å². The maximum Gasteiger partial charge on any atom is 0.355 e. The standard InChI is InChI=1S/C19H27NO3/c1-10-11(2)16(17(22)23-18(4,5)6)20-15(10)14-12(3)19(7,8)9-13(14)21/h20H,9H2,1-8H3. The molecule has 0 unspecified atom stereocenters. The summed E-state index contributed by atoms with van der Waals surface area (Å²) in [5.74, 6) is -0.250. The third-order valence-electron chi connectivity index (χ3n) is 4.69. The summed E-state index contributed by atoms with van der Waals surface area (Å²) in [5, 5.41) is 0. The van der Waals surface area contributed by atoms with Gasteiger partial charge in [-0.1, -0.05) is 19.4 Å². The molecular weight excluding hydrogens is 290 g/mol. The molecule has 0 spiro atoms. The van der Waals surface area contributed by atoms with E-state index in [0.717, 1.165) is 28.0 Å². The lowest BCUT2D eigenvalue weighted by Gasteiger charge is -2.19. The van der Waals surface area contributed by atoms with Crippen LogP contribution in [0, 0.1) is 19.3 Å². The highest BCUT2D eigenvalue weighted by atomic mass is 16.6. The van der Waals surface area contributed by atoms with Crippen molar-refractivity contribution in [3.63, 3.8) is 0 Å². The van der Waals surface area contributed by atoms with Gasteiger partial charge in [-0.2, -0.15) is 0 Å². The van der Waals surface area contributed by atoms with E-state index in [1.165, 1.54) is 0 Å². The van der Waals surface area contributed by atoms with Crippen LogP contribution in [0.3, 0.4) is 0 Å². The molecule has 1 aromatic rings. The Morgan fingerprint density at radius 2 is 1.70 bits per heavy atom. The van der Waals surface area contributed by atoms with Crippen LogP contribution < -0.4 is 0 Å². The zero-order chi connectivity index (χ0) is 17.7. The Morgan fingerprint density at radius 1 is 1.13 bits per heavy atom. The van der Waals surface area contributed by atoms with E-state index < -0.39 is 5.60 Å². The quantitative estimate of drug-likeness (QED) is 0.824. The fourth-order valence-electron chi connectivity index (χ4n) is 2.97. The number of ketones is 1. The summed E-state index contributed by atoms with van der Waals surface area (Å²) in [4.78, 5) is 28.0. The summed E-state index contributed by atoms with van der Waals surface area (Å²) in [7, 11) is 0. The van der Waals surface area contributed by atoms with E-state index >= 15 is 0 Å². The molecule has 126 valence electrons. The largest absolute Gasteiger partial charge is 0.455 e. The molecule has 0 atom stereocenters. The lowest BCUT2D eigenvalue weighted by molar-refractivity contribution is -0.114. The highest BCUT2D eigenvalue weighted by Crippen LogP contribution is 2.44. The van der Waals surface area contributed by atoms with Crippen molar-refractivity contribution in [2.24, 2.45) is 5.41 Å². The van der Waals surface area contributed by atoms with Crippen LogP contribution in [-0.4, -0.2) is 22.3 Å². The van der Waals surface area contributed by atoms with E-state index in [0.29, 0.717) is 12.1 Å². The van der Waals surface area contributed by atoms with Crippen molar-refractivity contribution in [3.8, 4) is 0 Å². The second kappa shape index (κ2) is 5.36. The van der Waals surface area contributed by atoms with Gasteiger partial charge < -0.3 is 9.72 Å². The molecule has 0 radical (unpaired) electrons. The fourth-order valence-corrected chi connectivity index (χ4v) is 2.97. The molecule has 0 fully saturated rings. The van der Waals surface area contributed by atoms with Crippen molar-refractivity contribution >= 4 is 17.3 Å². The Balaban J connectivity index is 2.52. The number of H-pyrrole nitrogens is 1. The molecule has 23 heavy (non-hydrogen) atoms. The third kappa shape index (κ3) is 3.12. The molecule has 2 rings (SSSR count). The van der Waals surface area contributed by atoms with Crippen LogP contribution >= 0.6 is 0 Å². The number of esters is 1. The van der Waals surface area contributed by atoms with Crippen molar-refractivity contribution < 1.29 is 14.3 Å². The predicted molar refractivity (Wildman–Crippen MR) is 91.4 cm³/mol. The first kappa shape index (κ1) is 17.5. The van der Waals surface area contributed by atoms with Crippen molar-refractivity contribution in [2.45, 2.75) is 67.4 Å². The van der Waals surface area contributed by atoms with Crippen LogP contribution in [0.5, 0.6) is 0 Å². The second-order valence-corrected chi connectivity index (χ2v) is 8.11. The normalized spacial score (nSPS) is 17.8. The van der Waals surface area contributed by atoms with Crippen LogP contribution in [0.2, 0.25) is 0 Å². The minimum Gasteiger partial charge on any atom is -0.455 e. The van der Waals surface area contributed by atoms with E-state index in [-0.39, 0.29) is 17.2 Å². The first-order chi connectivity index (χ1) is 10.3. The van der Waals surface area contributed by atoms with Gasteiger partial charge in [-0.15, -0.1) is 0 Å². The third-order valence-corrected chi connectivity index (χ3v) is 4.69. The molecule has 0 aliphatic heterocycles. The van der Waals surface area contributed by atoms with Gasteiger partial charge in [0, 0.05) is 12.0 Å². The Hall–Kier alpha value is -1.84. The predicted octanol–water partition coefficient (Wildman–Crippen LogP) is 4.36. The molecule has 4 heteroatoms. The first-order valence-corrected chi connectivity index (χ1v) is 8.02. The molecule has 0 amide bonds. The molecular formula is C19H27NO3. The lowest BCUT2D eigenvalue weighted by Crippen LogP contribution is -2.24. The van der Waals surface area contributed by atoms with Crippen molar-refractivity contribution in [1.29, 1.82) is 0 Å². The topological polar surface area (TPSA) is 59.2 Å². The first-order valence-electron chi connectivity index (χ1n) is 8.02. The molecule has 1 aromatic heterocycles. The van der Waals surface area contributed by atoms with Crippen LogP contribution in [0.1, 0.15) is 75.3 Å². The summed E-state index contributed by atoms with van der Waals surface area (Å²) in [6.07, 6.45) is 0.507. The number of ether oxygens (including phenoxy) is 1. The number of hydrogen-bond acceptors (Lipinski definition) is 3. The average Bonchev–Trinajstić information content (AvgIpc) is 2.74. The second-order valence-electron chi connectivity index (χ2n) is 8.11. The summed E-state index contributed by atoms with van der Waals surface area (Å²) in [6, 6.07) is 0. The lowest BCUT2D eigenvalue weighted by atomic mass is 9.86. The van der Waals surface area contributed by atoms with E-state index in [9.17, 15) is 9.59 Å². The molecule has 0 bridgehead atoms. The van der Waals surface area contributed by atoms with Gasteiger partial charge >= 0.3 is 5.97 Å². The molecule has 0 saturated heterocycles. The van der Waals surface area contributed by atoms with Crippen molar-refractivity contribution in [1.82, 2.24) is 4.98 Å². The number of carbonyl (C=O) groups excluding carboxylic acids is 2. The maximum atomic E-state index is 12.5. The van der Waals surface area contributed by atoms with Gasteiger partial charge in [0.1, 0.15) is 11.3 Å². The van der Waals surface area contributed by atoms with Crippen LogP contribution in [0.25, 0.3) is 5.57 Å². The van der Waals surface area contributed by atoms with Gasteiger partial charge in [0.2, 0.25) is 0 Å². The van der Waals surface area contributed by atoms with Crippen molar-refractivity contribution in [3.05, 3.63) is 28.1 Å². The molecule has 1 aliphatic carbocycles. The van der Waals surface area contributed by atoms with Gasteiger partial charge in [0.15, 0.2) is 5.78 Å². The number of aromatic amines is 1. The fraction of sp³-hybridized carbons (Fsp3) is 0.579. The van der Waals surface area contributed by atoms with Crippen LogP contribution in [0.15, 0.2) is 5.57 Å². The number of allylic oxidation sites excluding steroid dienone is 2. The summed E-state index contributed by atoms with van der Waals surface area (Å²) >= 11 is 0. The number of rotatable bonds is 2. The minimum atomic E-state index is -0.553. The molecule has 1 heterocycles. The minimum absolute atomic E-state index is 0.132. The average molecular weight is 317 g/mol. The van der Waals surface area contributed by atoms with Gasteiger partial charge in [-0.05, 0) is 58.1 Å². The Labute approximate surface area is 138 Å². The molecule has 0 saturated carbocycles. The highest BCUT2D eigenvalue weighted by Gasteiger charge is 2.38. The summed E-state index contributed by atoms with van der Waals surface area (Å²) in [5.41, 5.74) is 4.08. The number of aromatic nitrogens is 1. The van der Waals surface area contributed by atoms with Crippen molar-refractivity contribution in [2.75, 3.05) is 0 Å². The number of hydrogen-bond donors (Lipinski definition) is 1. The SMILES string of the molecule is CC1=C(c2[nH]c(C(=O)OC(C)(C)C)c(C)c2C)C(=O)CC1(C)C. The molecule has 1 N–H and O–H groups in total. The molecule has 0 aromatic carbocycles. The van der Waals surface area contributed by atoms with E-state index in [2.05, 4.69) is 18.8 Å². The van der Waals surface area contributed by atoms with Gasteiger partial charge in [0.05, 0.1) is 5.69 Å². The Kier molecular flexibility index (Phi) is 4.08. The van der Waals surface area contributed by atoms with Crippen LogP contribution in [0.4, 0.5) is 0 Å². The summed E-state index contributed by atoms with van der Waals surface area (Å²) in [6.45, 7) is 15.5. The van der Waals surface area contributed by atoms with E-state index in [4.69, 9.17) is 4.74 Å². The zero-order valence-corrected chi connectivity index (χ0v) is 15.4. The number of Topliss-reactive ketones (excluding diaryl/α,β-unsaturated/α-hetero) is 1. The molecule has 1 aliphatic rings. The Morgan fingerprint density at radius 3 is 2.13 bits per heavy atom.